The number of aryl methyl sites for hydroxylation is 1. The molecule has 20 heavy (non-hydrogen) atoms. The van der Waals surface area contributed by atoms with Crippen LogP contribution in [-0.2, 0) is 13.1 Å². The molecule has 0 aliphatic carbocycles. The van der Waals surface area contributed by atoms with Crippen LogP contribution in [0.25, 0.3) is 0 Å². The highest BCUT2D eigenvalue weighted by Gasteiger charge is 2.00. The van der Waals surface area contributed by atoms with Crippen molar-refractivity contribution in [3.05, 3.63) is 53.2 Å². The van der Waals surface area contributed by atoms with Crippen molar-refractivity contribution in [1.29, 1.82) is 0 Å². The zero-order chi connectivity index (χ0) is 14.4. The molecule has 0 saturated heterocycles. The highest BCUT2D eigenvalue weighted by molar-refractivity contribution is 5.36. The Morgan fingerprint density at radius 2 is 1.75 bits per heavy atom. The predicted molar refractivity (Wildman–Crippen MR) is 79.1 cm³/mol. The molecular formula is C16H20N2O2. The van der Waals surface area contributed by atoms with Crippen LogP contribution in [-0.4, -0.2) is 19.2 Å². The van der Waals surface area contributed by atoms with E-state index in [1.165, 1.54) is 5.56 Å². The Balaban J connectivity index is 1.87. The Bertz CT molecular complexity index is 553. The number of ether oxygens (including phenoxy) is 2. The second-order valence-electron chi connectivity index (χ2n) is 4.62. The molecule has 4 nitrogen and oxygen atoms in total. The van der Waals surface area contributed by atoms with E-state index in [4.69, 9.17) is 9.47 Å². The van der Waals surface area contributed by atoms with Crippen molar-refractivity contribution in [2.24, 2.45) is 0 Å². The van der Waals surface area contributed by atoms with Crippen LogP contribution in [0.5, 0.6) is 11.6 Å². The largest absolute Gasteiger partial charge is 0.496 e. The molecule has 0 saturated carbocycles. The number of hydrogen-bond acceptors (Lipinski definition) is 4. The summed E-state index contributed by atoms with van der Waals surface area (Å²) in [5, 5.41) is 3.40. The Labute approximate surface area is 119 Å². The van der Waals surface area contributed by atoms with Crippen LogP contribution in [0, 0.1) is 6.92 Å². The molecule has 0 fully saturated rings. The van der Waals surface area contributed by atoms with Gasteiger partial charge in [-0.3, -0.25) is 0 Å². The number of nitrogens with one attached hydrogen (secondary N) is 1. The Hall–Kier alpha value is -2.07. The van der Waals surface area contributed by atoms with Crippen molar-refractivity contribution in [1.82, 2.24) is 10.3 Å². The Kier molecular flexibility index (Phi) is 4.96. The van der Waals surface area contributed by atoms with Crippen molar-refractivity contribution in [2.75, 3.05) is 14.2 Å². The fraction of sp³-hybridized carbons (Fsp3) is 0.312. The van der Waals surface area contributed by atoms with Gasteiger partial charge in [0.1, 0.15) is 5.75 Å². The third-order valence-corrected chi connectivity index (χ3v) is 3.12. The maximum atomic E-state index is 5.26. The number of nitrogens with zero attached hydrogens (tertiary/aromatic N) is 1. The summed E-state index contributed by atoms with van der Waals surface area (Å²) in [5.41, 5.74) is 3.53. The molecule has 0 atom stereocenters. The number of benzene rings is 1. The molecule has 106 valence electrons. The van der Waals surface area contributed by atoms with Gasteiger partial charge in [0.25, 0.3) is 0 Å². The van der Waals surface area contributed by atoms with E-state index in [0.29, 0.717) is 5.88 Å². The minimum Gasteiger partial charge on any atom is -0.496 e. The van der Waals surface area contributed by atoms with Crippen LogP contribution >= 0.6 is 0 Å². The standard InChI is InChI=1S/C16H20N2O2/c1-12-8-13(4-6-15(12)19-2)9-17-10-14-5-7-16(20-3)18-11-14/h4-8,11,17H,9-10H2,1-3H3. The average Bonchev–Trinajstić information content (AvgIpc) is 2.48. The van der Waals surface area contributed by atoms with Crippen LogP contribution < -0.4 is 14.8 Å². The minimum absolute atomic E-state index is 0.638. The van der Waals surface area contributed by atoms with Gasteiger partial charge in [-0.1, -0.05) is 18.2 Å². The molecule has 2 aromatic rings. The second-order valence-corrected chi connectivity index (χ2v) is 4.62. The number of aromatic nitrogens is 1. The molecule has 0 amide bonds. The van der Waals surface area contributed by atoms with E-state index in [9.17, 15) is 0 Å². The summed E-state index contributed by atoms with van der Waals surface area (Å²) < 4.78 is 10.3. The zero-order valence-corrected chi connectivity index (χ0v) is 12.1. The van der Waals surface area contributed by atoms with Crippen molar-refractivity contribution in [3.8, 4) is 11.6 Å². The summed E-state index contributed by atoms with van der Waals surface area (Å²) in [6.45, 7) is 3.65. The molecule has 0 aliphatic heterocycles. The first-order chi connectivity index (χ1) is 9.72. The van der Waals surface area contributed by atoms with Gasteiger partial charge in [-0.25, -0.2) is 4.98 Å². The lowest BCUT2D eigenvalue weighted by Crippen LogP contribution is -2.13. The fourth-order valence-electron chi connectivity index (χ4n) is 2.04. The lowest BCUT2D eigenvalue weighted by atomic mass is 10.1. The molecule has 0 unspecified atom stereocenters. The van der Waals surface area contributed by atoms with Crippen LogP contribution in [0.15, 0.2) is 36.5 Å². The predicted octanol–water partition coefficient (Wildman–Crippen LogP) is 2.70. The summed E-state index contributed by atoms with van der Waals surface area (Å²) in [6.07, 6.45) is 1.82. The molecule has 0 radical (unpaired) electrons. The van der Waals surface area contributed by atoms with Gasteiger partial charge in [-0.05, 0) is 29.7 Å². The van der Waals surface area contributed by atoms with Gasteiger partial charge < -0.3 is 14.8 Å². The molecular weight excluding hydrogens is 252 g/mol. The lowest BCUT2D eigenvalue weighted by Gasteiger charge is -2.09. The van der Waals surface area contributed by atoms with Gasteiger partial charge in [0.15, 0.2) is 0 Å². The van der Waals surface area contributed by atoms with E-state index in [1.54, 1.807) is 14.2 Å². The number of rotatable bonds is 6. The molecule has 1 aromatic heterocycles. The summed E-state index contributed by atoms with van der Waals surface area (Å²) in [5.74, 6) is 1.56. The molecule has 1 aromatic carbocycles. The zero-order valence-electron chi connectivity index (χ0n) is 12.1. The fourth-order valence-corrected chi connectivity index (χ4v) is 2.04. The molecule has 4 heteroatoms. The third kappa shape index (κ3) is 3.71. The number of methoxy groups -OCH3 is 2. The molecule has 1 heterocycles. The first-order valence-corrected chi connectivity index (χ1v) is 6.56. The van der Waals surface area contributed by atoms with E-state index < -0.39 is 0 Å². The van der Waals surface area contributed by atoms with Crippen molar-refractivity contribution >= 4 is 0 Å². The lowest BCUT2D eigenvalue weighted by molar-refractivity contribution is 0.397. The van der Waals surface area contributed by atoms with E-state index in [1.807, 2.05) is 24.4 Å². The second kappa shape index (κ2) is 6.91. The Morgan fingerprint density at radius 1 is 1.00 bits per heavy atom. The Morgan fingerprint density at radius 3 is 2.35 bits per heavy atom. The summed E-state index contributed by atoms with van der Waals surface area (Å²) in [7, 11) is 3.31. The van der Waals surface area contributed by atoms with Crippen molar-refractivity contribution in [2.45, 2.75) is 20.0 Å². The molecule has 0 spiro atoms. The summed E-state index contributed by atoms with van der Waals surface area (Å²) in [6, 6.07) is 10.1. The van der Waals surface area contributed by atoms with E-state index in [0.717, 1.165) is 30.0 Å². The van der Waals surface area contributed by atoms with Crippen LogP contribution in [0.3, 0.4) is 0 Å². The van der Waals surface area contributed by atoms with Gasteiger partial charge >= 0.3 is 0 Å². The van der Waals surface area contributed by atoms with Gasteiger partial charge in [-0.15, -0.1) is 0 Å². The molecule has 1 N–H and O–H groups in total. The van der Waals surface area contributed by atoms with Crippen LogP contribution in [0.4, 0.5) is 0 Å². The van der Waals surface area contributed by atoms with Crippen LogP contribution in [0.2, 0.25) is 0 Å². The molecule has 2 rings (SSSR count). The average molecular weight is 272 g/mol. The van der Waals surface area contributed by atoms with Gasteiger partial charge in [0.05, 0.1) is 14.2 Å². The van der Waals surface area contributed by atoms with Gasteiger partial charge in [0.2, 0.25) is 5.88 Å². The van der Waals surface area contributed by atoms with Crippen LogP contribution in [0.1, 0.15) is 16.7 Å². The van der Waals surface area contributed by atoms with E-state index in [-0.39, 0.29) is 0 Å². The third-order valence-electron chi connectivity index (χ3n) is 3.12. The molecule has 0 aliphatic rings. The summed E-state index contributed by atoms with van der Waals surface area (Å²) in [4.78, 5) is 4.18. The van der Waals surface area contributed by atoms with Crippen molar-refractivity contribution < 1.29 is 9.47 Å². The monoisotopic (exact) mass is 272 g/mol. The van der Waals surface area contributed by atoms with E-state index >= 15 is 0 Å². The first kappa shape index (κ1) is 14.3. The maximum absolute atomic E-state index is 5.26. The summed E-state index contributed by atoms with van der Waals surface area (Å²) >= 11 is 0. The number of hydrogen-bond donors (Lipinski definition) is 1. The van der Waals surface area contributed by atoms with Gasteiger partial charge in [0, 0.05) is 25.4 Å². The first-order valence-electron chi connectivity index (χ1n) is 6.56. The highest BCUT2D eigenvalue weighted by atomic mass is 16.5. The SMILES string of the molecule is COc1ccc(CNCc2ccc(OC)c(C)c2)cn1. The molecule has 0 bridgehead atoms. The minimum atomic E-state index is 0.638. The van der Waals surface area contributed by atoms with E-state index in [2.05, 4.69) is 29.4 Å². The number of pyridine rings is 1. The quantitative estimate of drug-likeness (QED) is 0.878. The topological polar surface area (TPSA) is 43.4 Å². The van der Waals surface area contributed by atoms with Gasteiger partial charge in [-0.2, -0.15) is 0 Å². The normalized spacial score (nSPS) is 10.3. The smallest absolute Gasteiger partial charge is 0.212 e. The highest BCUT2D eigenvalue weighted by Crippen LogP contribution is 2.18. The maximum Gasteiger partial charge on any atom is 0.212 e. The van der Waals surface area contributed by atoms with Crippen molar-refractivity contribution in [3.63, 3.8) is 0 Å².